The highest BCUT2D eigenvalue weighted by molar-refractivity contribution is 5.95. The number of nitrogens with zero attached hydrogens (tertiary/aromatic N) is 1. The molecule has 0 heterocycles. The van der Waals surface area contributed by atoms with Crippen molar-refractivity contribution in [3.05, 3.63) is 89.7 Å². The molecule has 0 fully saturated rings. The number of halogens is 1. The molecule has 0 unspecified atom stereocenters. The van der Waals surface area contributed by atoms with Gasteiger partial charge in [-0.05, 0) is 61.2 Å². The van der Waals surface area contributed by atoms with Crippen molar-refractivity contribution in [1.82, 2.24) is 10.4 Å². The van der Waals surface area contributed by atoms with Crippen LogP contribution in [0.15, 0.2) is 72.8 Å². The quantitative estimate of drug-likeness (QED) is 0.480. The first-order chi connectivity index (χ1) is 15.8. The molecule has 3 aromatic rings. The summed E-state index contributed by atoms with van der Waals surface area (Å²) in [5.74, 6) is -0.482. The maximum atomic E-state index is 14.1. The molecule has 33 heavy (non-hydrogen) atoms. The Balaban J connectivity index is 1.77. The van der Waals surface area contributed by atoms with Crippen LogP contribution in [0.4, 0.5) is 4.39 Å². The lowest BCUT2D eigenvalue weighted by Gasteiger charge is -2.27. The van der Waals surface area contributed by atoms with E-state index in [2.05, 4.69) is 19.3 Å². The van der Waals surface area contributed by atoms with Gasteiger partial charge >= 0.3 is 0 Å². The Bertz CT molecular complexity index is 1110. The zero-order chi connectivity index (χ0) is 24.0. The Morgan fingerprint density at radius 1 is 0.939 bits per heavy atom. The first-order valence-corrected chi connectivity index (χ1v) is 11.0. The van der Waals surface area contributed by atoms with Crippen molar-refractivity contribution in [1.29, 1.82) is 0 Å². The Labute approximate surface area is 194 Å². The zero-order valence-corrected chi connectivity index (χ0v) is 19.3. The minimum Gasteiger partial charge on any atom is -0.483 e. The van der Waals surface area contributed by atoms with Gasteiger partial charge in [0.2, 0.25) is 0 Å². The number of hydrogen-bond acceptors (Lipinski definition) is 3. The van der Waals surface area contributed by atoms with Crippen LogP contribution < -0.4 is 10.2 Å². The average Bonchev–Trinajstić information content (AvgIpc) is 2.81. The third-order valence-electron chi connectivity index (χ3n) is 5.20. The second-order valence-electron chi connectivity index (χ2n) is 8.37. The smallest absolute Gasteiger partial charge is 0.279 e. The van der Waals surface area contributed by atoms with Gasteiger partial charge in [-0.15, -0.1) is 0 Å². The Morgan fingerprint density at radius 2 is 1.67 bits per heavy atom. The van der Waals surface area contributed by atoms with Gasteiger partial charge in [-0.2, -0.15) is 0 Å². The summed E-state index contributed by atoms with van der Waals surface area (Å²) in [5, 5.41) is 1.25. The third-order valence-corrected chi connectivity index (χ3v) is 5.20. The van der Waals surface area contributed by atoms with E-state index in [1.165, 1.54) is 23.2 Å². The van der Waals surface area contributed by atoms with Crippen molar-refractivity contribution >= 4 is 11.8 Å². The maximum Gasteiger partial charge on any atom is 0.279 e. The third kappa shape index (κ3) is 6.19. The van der Waals surface area contributed by atoms with Crippen molar-refractivity contribution in [2.24, 2.45) is 0 Å². The SMILES string of the molecule is CC(C)c1cccc(-c2cc(F)ccc2OCC(=O)N(NC(=O)c2ccccc2)C(C)C)c1. The largest absolute Gasteiger partial charge is 0.483 e. The number of ether oxygens (including phenoxy) is 1. The van der Waals surface area contributed by atoms with E-state index in [4.69, 9.17) is 4.74 Å². The van der Waals surface area contributed by atoms with E-state index >= 15 is 0 Å². The molecule has 172 valence electrons. The van der Waals surface area contributed by atoms with Crippen molar-refractivity contribution in [3.63, 3.8) is 0 Å². The fraction of sp³-hybridized carbons (Fsp3) is 0.259. The molecule has 0 aliphatic carbocycles. The molecule has 5 nitrogen and oxygen atoms in total. The molecule has 0 aliphatic heterocycles. The van der Waals surface area contributed by atoms with Crippen LogP contribution in [-0.2, 0) is 4.79 Å². The van der Waals surface area contributed by atoms with Gasteiger partial charge < -0.3 is 4.74 Å². The lowest BCUT2D eigenvalue weighted by Crippen LogP contribution is -2.51. The number of benzene rings is 3. The van der Waals surface area contributed by atoms with Crippen LogP contribution in [0.1, 0.15) is 49.5 Å². The van der Waals surface area contributed by atoms with Crippen LogP contribution in [0.3, 0.4) is 0 Å². The average molecular weight is 449 g/mol. The monoisotopic (exact) mass is 448 g/mol. The van der Waals surface area contributed by atoms with Crippen LogP contribution in [0.25, 0.3) is 11.1 Å². The highest BCUT2D eigenvalue weighted by Gasteiger charge is 2.21. The number of carbonyl (C=O) groups is 2. The van der Waals surface area contributed by atoms with E-state index in [9.17, 15) is 14.0 Å². The fourth-order valence-corrected chi connectivity index (χ4v) is 3.37. The van der Waals surface area contributed by atoms with Gasteiger partial charge in [-0.25, -0.2) is 9.40 Å². The van der Waals surface area contributed by atoms with Gasteiger partial charge in [0, 0.05) is 17.2 Å². The number of rotatable bonds is 7. The molecular weight excluding hydrogens is 419 g/mol. The standard InChI is InChI=1S/C27H29FN2O3/c1-18(2)21-11-8-12-22(15-21)24-16-23(28)13-14-25(24)33-17-26(31)30(19(3)4)29-27(32)20-9-6-5-7-10-20/h5-16,18-19H,17H2,1-4H3,(H,29,32). The van der Waals surface area contributed by atoms with Crippen molar-refractivity contribution in [3.8, 4) is 16.9 Å². The molecule has 6 heteroatoms. The first-order valence-electron chi connectivity index (χ1n) is 11.0. The Morgan fingerprint density at radius 3 is 2.33 bits per heavy atom. The number of hydrogen-bond donors (Lipinski definition) is 1. The minimum absolute atomic E-state index is 0.288. The van der Waals surface area contributed by atoms with Gasteiger partial charge in [0.25, 0.3) is 11.8 Å². The van der Waals surface area contributed by atoms with E-state index in [0.717, 1.165) is 11.1 Å². The predicted molar refractivity (Wildman–Crippen MR) is 127 cm³/mol. The molecule has 0 saturated carbocycles. The van der Waals surface area contributed by atoms with Crippen molar-refractivity contribution in [2.45, 2.75) is 39.7 Å². The van der Waals surface area contributed by atoms with E-state index in [1.54, 1.807) is 38.1 Å². The lowest BCUT2D eigenvalue weighted by atomic mass is 9.97. The summed E-state index contributed by atoms with van der Waals surface area (Å²) in [7, 11) is 0. The Kier molecular flexibility index (Phi) is 7.83. The topological polar surface area (TPSA) is 58.6 Å². The summed E-state index contributed by atoms with van der Waals surface area (Å²) in [6, 6.07) is 20.4. The second kappa shape index (κ2) is 10.8. The van der Waals surface area contributed by atoms with Crippen LogP contribution >= 0.6 is 0 Å². The van der Waals surface area contributed by atoms with Gasteiger partial charge in [0.1, 0.15) is 11.6 Å². The molecule has 1 N–H and O–H groups in total. The highest BCUT2D eigenvalue weighted by atomic mass is 19.1. The summed E-state index contributed by atoms with van der Waals surface area (Å²) in [4.78, 5) is 25.4. The fourth-order valence-electron chi connectivity index (χ4n) is 3.37. The van der Waals surface area contributed by atoms with E-state index in [1.807, 2.05) is 30.3 Å². The predicted octanol–water partition coefficient (Wildman–Crippen LogP) is 5.58. The van der Waals surface area contributed by atoms with Crippen LogP contribution in [0, 0.1) is 5.82 Å². The molecular formula is C27H29FN2O3. The summed E-state index contributed by atoms with van der Waals surface area (Å²) < 4.78 is 19.9. The van der Waals surface area contributed by atoms with Crippen LogP contribution in [-0.4, -0.2) is 29.5 Å². The molecule has 0 radical (unpaired) electrons. The zero-order valence-electron chi connectivity index (χ0n) is 19.3. The summed E-state index contributed by atoms with van der Waals surface area (Å²) >= 11 is 0. The minimum atomic E-state index is -0.416. The molecule has 0 atom stereocenters. The van der Waals surface area contributed by atoms with Gasteiger partial charge in [-0.1, -0.05) is 56.3 Å². The lowest BCUT2D eigenvalue weighted by molar-refractivity contribution is -0.137. The van der Waals surface area contributed by atoms with E-state index in [-0.39, 0.29) is 18.6 Å². The van der Waals surface area contributed by atoms with Crippen LogP contribution in [0.5, 0.6) is 5.75 Å². The molecule has 0 aromatic heterocycles. The molecule has 0 aliphatic rings. The molecule has 0 spiro atoms. The highest BCUT2D eigenvalue weighted by Crippen LogP contribution is 2.32. The van der Waals surface area contributed by atoms with Crippen LogP contribution in [0.2, 0.25) is 0 Å². The normalized spacial score (nSPS) is 10.9. The van der Waals surface area contributed by atoms with Crippen molar-refractivity contribution < 1.29 is 18.7 Å². The van der Waals surface area contributed by atoms with E-state index in [0.29, 0.717) is 22.8 Å². The molecule has 3 rings (SSSR count). The van der Waals surface area contributed by atoms with Gasteiger partial charge in [0.05, 0.1) is 0 Å². The number of carbonyl (C=O) groups excluding carboxylic acids is 2. The molecule has 2 amide bonds. The summed E-state index contributed by atoms with van der Waals surface area (Å²) in [6.45, 7) is 7.46. The van der Waals surface area contributed by atoms with E-state index < -0.39 is 11.7 Å². The number of hydrazine groups is 1. The molecule has 0 bridgehead atoms. The molecule has 0 saturated heterocycles. The summed E-state index contributed by atoms with van der Waals surface area (Å²) in [6.07, 6.45) is 0. The maximum absolute atomic E-state index is 14.1. The number of nitrogens with one attached hydrogen (secondary N) is 1. The van der Waals surface area contributed by atoms with Gasteiger partial charge in [0.15, 0.2) is 6.61 Å². The molecule has 3 aromatic carbocycles. The summed E-state index contributed by atoms with van der Waals surface area (Å²) in [5.41, 5.74) is 5.59. The number of amides is 2. The second-order valence-corrected chi connectivity index (χ2v) is 8.37. The first kappa shape index (κ1) is 24.0. The van der Waals surface area contributed by atoms with Gasteiger partial charge in [-0.3, -0.25) is 15.0 Å². The Hall–Kier alpha value is -3.67. The van der Waals surface area contributed by atoms with Crippen molar-refractivity contribution in [2.75, 3.05) is 6.61 Å².